The predicted octanol–water partition coefficient (Wildman–Crippen LogP) is 4.49. The van der Waals surface area contributed by atoms with Crippen LogP contribution in [0.15, 0.2) is 0 Å². The van der Waals surface area contributed by atoms with Crippen LogP contribution in [0.25, 0.3) is 0 Å². The quantitative estimate of drug-likeness (QED) is 0.482. The third kappa shape index (κ3) is 6.22. The molecule has 0 unspecified atom stereocenters. The van der Waals surface area contributed by atoms with Crippen LogP contribution in [0.5, 0.6) is 0 Å². The highest BCUT2D eigenvalue weighted by molar-refractivity contribution is 5.90. The van der Waals surface area contributed by atoms with Crippen LogP contribution in [0.3, 0.4) is 0 Å². The van der Waals surface area contributed by atoms with Crippen LogP contribution in [-0.4, -0.2) is 11.9 Å². The number of carbonyl (C=O) groups is 2. The lowest BCUT2D eigenvalue weighted by Crippen LogP contribution is -2.34. The first-order valence-electron chi connectivity index (χ1n) is 7.44. The fourth-order valence-electron chi connectivity index (χ4n) is 1.80. The first-order chi connectivity index (χ1) is 8.67. The maximum atomic E-state index is 12.1. The number of esters is 2. The molecule has 0 fully saturated rings. The SMILES string of the molecule is CCCCC(C)(C)C(=O)OC(=O)C(C)(C)CCCC. The van der Waals surface area contributed by atoms with Crippen molar-refractivity contribution in [3.8, 4) is 0 Å². The van der Waals surface area contributed by atoms with Crippen LogP contribution in [0.4, 0.5) is 0 Å². The Hall–Kier alpha value is -0.860. The van der Waals surface area contributed by atoms with E-state index in [-0.39, 0.29) is 0 Å². The molecule has 0 spiro atoms. The van der Waals surface area contributed by atoms with Gasteiger partial charge < -0.3 is 4.74 Å². The summed E-state index contributed by atoms with van der Waals surface area (Å²) in [6, 6.07) is 0. The van der Waals surface area contributed by atoms with Gasteiger partial charge in [0.15, 0.2) is 0 Å². The van der Waals surface area contributed by atoms with E-state index in [9.17, 15) is 9.59 Å². The van der Waals surface area contributed by atoms with E-state index in [1.165, 1.54) is 0 Å². The number of hydrogen-bond acceptors (Lipinski definition) is 3. The van der Waals surface area contributed by atoms with E-state index >= 15 is 0 Å². The summed E-state index contributed by atoms with van der Waals surface area (Å²) in [5.41, 5.74) is -1.15. The van der Waals surface area contributed by atoms with Gasteiger partial charge in [-0.25, -0.2) is 0 Å². The van der Waals surface area contributed by atoms with Crippen molar-refractivity contribution >= 4 is 11.9 Å². The zero-order valence-corrected chi connectivity index (χ0v) is 13.5. The second kappa shape index (κ2) is 7.66. The van der Waals surface area contributed by atoms with Crippen molar-refractivity contribution in [1.29, 1.82) is 0 Å². The van der Waals surface area contributed by atoms with Crippen molar-refractivity contribution < 1.29 is 14.3 Å². The van der Waals surface area contributed by atoms with Crippen molar-refractivity contribution in [3.63, 3.8) is 0 Å². The third-order valence-corrected chi connectivity index (χ3v) is 3.60. The van der Waals surface area contributed by atoms with Crippen LogP contribution in [0.1, 0.15) is 80.1 Å². The number of unbranched alkanes of at least 4 members (excludes halogenated alkanes) is 2. The molecule has 0 bridgehead atoms. The summed E-state index contributed by atoms with van der Waals surface area (Å²) < 4.78 is 5.10. The number of ether oxygens (including phenoxy) is 1. The molecule has 0 heterocycles. The molecule has 112 valence electrons. The Morgan fingerprint density at radius 1 is 0.789 bits per heavy atom. The first kappa shape index (κ1) is 18.1. The van der Waals surface area contributed by atoms with Crippen molar-refractivity contribution in [1.82, 2.24) is 0 Å². The number of hydrogen-bond donors (Lipinski definition) is 0. The monoisotopic (exact) mass is 270 g/mol. The van der Waals surface area contributed by atoms with Crippen molar-refractivity contribution in [2.24, 2.45) is 10.8 Å². The van der Waals surface area contributed by atoms with Crippen molar-refractivity contribution in [3.05, 3.63) is 0 Å². The average Bonchev–Trinajstić information content (AvgIpc) is 2.33. The Morgan fingerprint density at radius 3 is 1.37 bits per heavy atom. The van der Waals surface area contributed by atoms with Crippen LogP contribution < -0.4 is 0 Å². The van der Waals surface area contributed by atoms with Gasteiger partial charge in [-0.05, 0) is 40.5 Å². The van der Waals surface area contributed by atoms with Gasteiger partial charge >= 0.3 is 11.9 Å². The van der Waals surface area contributed by atoms with E-state index < -0.39 is 22.8 Å². The average molecular weight is 270 g/mol. The molecule has 0 saturated heterocycles. The van der Waals surface area contributed by atoms with E-state index in [2.05, 4.69) is 13.8 Å². The molecule has 0 aromatic carbocycles. The van der Waals surface area contributed by atoms with Gasteiger partial charge in [0.2, 0.25) is 0 Å². The van der Waals surface area contributed by atoms with Gasteiger partial charge in [-0.15, -0.1) is 0 Å². The molecule has 19 heavy (non-hydrogen) atoms. The molecular weight excluding hydrogens is 240 g/mol. The summed E-state index contributed by atoms with van der Waals surface area (Å²) in [7, 11) is 0. The Kier molecular flexibility index (Phi) is 7.32. The predicted molar refractivity (Wildman–Crippen MR) is 77.7 cm³/mol. The van der Waals surface area contributed by atoms with Gasteiger partial charge in [0.05, 0.1) is 10.8 Å². The molecule has 0 aliphatic carbocycles. The molecule has 0 radical (unpaired) electrons. The van der Waals surface area contributed by atoms with E-state index in [0.717, 1.165) is 38.5 Å². The molecule has 0 saturated carbocycles. The topological polar surface area (TPSA) is 43.4 Å². The third-order valence-electron chi connectivity index (χ3n) is 3.60. The van der Waals surface area contributed by atoms with E-state index in [4.69, 9.17) is 4.74 Å². The molecule has 0 aromatic rings. The summed E-state index contributed by atoms with van der Waals surface area (Å²) >= 11 is 0. The number of carbonyl (C=O) groups excluding carboxylic acids is 2. The zero-order chi connectivity index (χ0) is 15.1. The molecule has 0 N–H and O–H groups in total. The molecule has 0 aromatic heterocycles. The molecule has 3 nitrogen and oxygen atoms in total. The second-order valence-electron chi connectivity index (χ2n) is 6.65. The lowest BCUT2D eigenvalue weighted by molar-refractivity contribution is -0.172. The maximum Gasteiger partial charge on any atom is 0.319 e. The lowest BCUT2D eigenvalue weighted by atomic mass is 9.86. The van der Waals surface area contributed by atoms with E-state index in [1.54, 1.807) is 0 Å². The molecule has 0 amide bonds. The molecule has 3 heteroatoms. The minimum atomic E-state index is -0.577. The van der Waals surface area contributed by atoms with Crippen LogP contribution in [0, 0.1) is 10.8 Å². The highest BCUT2D eigenvalue weighted by Gasteiger charge is 2.35. The van der Waals surface area contributed by atoms with Gasteiger partial charge in [0.1, 0.15) is 0 Å². The van der Waals surface area contributed by atoms with Crippen LogP contribution in [0.2, 0.25) is 0 Å². The van der Waals surface area contributed by atoms with Gasteiger partial charge in [0, 0.05) is 0 Å². The standard InChI is InChI=1S/C16H30O3/c1-7-9-11-15(3,4)13(17)19-14(18)16(5,6)12-10-8-2/h7-12H2,1-6H3. The Labute approximate surface area is 118 Å². The van der Waals surface area contributed by atoms with E-state index in [1.807, 2.05) is 27.7 Å². The highest BCUT2D eigenvalue weighted by atomic mass is 16.6. The summed E-state index contributed by atoms with van der Waals surface area (Å²) in [6.07, 6.45) is 5.51. The molecule has 0 rings (SSSR count). The smallest absolute Gasteiger partial charge is 0.319 e. The molecule has 0 aliphatic heterocycles. The summed E-state index contributed by atoms with van der Waals surface area (Å²) in [4.78, 5) is 24.1. The molecule has 0 atom stereocenters. The minimum Gasteiger partial charge on any atom is -0.392 e. The van der Waals surface area contributed by atoms with Crippen molar-refractivity contribution in [2.45, 2.75) is 80.1 Å². The fourth-order valence-corrected chi connectivity index (χ4v) is 1.80. The summed E-state index contributed by atoms with van der Waals surface area (Å²) in [6.45, 7) is 11.5. The van der Waals surface area contributed by atoms with Crippen molar-refractivity contribution in [2.75, 3.05) is 0 Å². The van der Waals surface area contributed by atoms with Gasteiger partial charge in [0.25, 0.3) is 0 Å². The molecular formula is C16H30O3. The van der Waals surface area contributed by atoms with Gasteiger partial charge in [-0.3, -0.25) is 9.59 Å². The Bertz CT molecular complexity index is 273. The lowest BCUT2D eigenvalue weighted by Gasteiger charge is -2.26. The first-order valence-corrected chi connectivity index (χ1v) is 7.44. The fraction of sp³-hybridized carbons (Fsp3) is 0.875. The van der Waals surface area contributed by atoms with E-state index in [0.29, 0.717) is 0 Å². The number of rotatable bonds is 8. The van der Waals surface area contributed by atoms with Crippen LogP contribution in [-0.2, 0) is 14.3 Å². The normalized spacial score (nSPS) is 12.3. The van der Waals surface area contributed by atoms with Gasteiger partial charge in [-0.2, -0.15) is 0 Å². The van der Waals surface area contributed by atoms with Gasteiger partial charge in [-0.1, -0.05) is 39.5 Å². The highest BCUT2D eigenvalue weighted by Crippen LogP contribution is 2.29. The Balaban J connectivity index is 4.50. The van der Waals surface area contributed by atoms with Crippen LogP contribution >= 0.6 is 0 Å². The summed E-state index contributed by atoms with van der Waals surface area (Å²) in [5, 5.41) is 0. The maximum absolute atomic E-state index is 12.1. The molecule has 0 aliphatic rings. The largest absolute Gasteiger partial charge is 0.392 e. The Morgan fingerprint density at radius 2 is 1.11 bits per heavy atom. The minimum absolute atomic E-state index is 0.393. The second-order valence-corrected chi connectivity index (χ2v) is 6.65. The summed E-state index contributed by atoms with van der Waals surface area (Å²) in [5.74, 6) is -0.786. The zero-order valence-electron chi connectivity index (χ0n) is 13.5.